The molecule has 1 aliphatic heterocycles. The van der Waals surface area contributed by atoms with Crippen LogP contribution < -0.4 is 4.74 Å². The Bertz CT molecular complexity index is 773. The van der Waals surface area contributed by atoms with Gasteiger partial charge in [-0.05, 0) is 36.4 Å². The van der Waals surface area contributed by atoms with E-state index in [9.17, 15) is 22.4 Å². The zero-order chi connectivity index (χ0) is 17.3. The molecule has 24 heavy (non-hydrogen) atoms. The van der Waals surface area contributed by atoms with Crippen molar-refractivity contribution in [3.05, 3.63) is 65.0 Å². The second-order valence-corrected chi connectivity index (χ2v) is 5.41. The first-order valence-corrected chi connectivity index (χ1v) is 7.22. The van der Waals surface area contributed by atoms with Crippen LogP contribution in [0.3, 0.4) is 0 Å². The molecule has 0 saturated carbocycles. The smallest absolute Gasteiger partial charge is 0.416 e. The van der Waals surface area contributed by atoms with Crippen molar-refractivity contribution in [1.82, 2.24) is 4.90 Å². The van der Waals surface area contributed by atoms with E-state index in [1.807, 2.05) is 0 Å². The number of halogens is 4. The summed E-state index contributed by atoms with van der Waals surface area (Å²) in [5, 5.41) is 0. The second-order valence-electron chi connectivity index (χ2n) is 5.41. The Kier molecular flexibility index (Phi) is 4.17. The molecule has 1 aliphatic rings. The van der Waals surface area contributed by atoms with Crippen LogP contribution in [0.2, 0.25) is 0 Å². The molecule has 7 heteroatoms. The maximum Gasteiger partial charge on any atom is 0.416 e. The SMILES string of the molecule is O=C(c1cccc(C(F)(F)F)c1)N1CCOc2ccc(F)cc2C1. The van der Waals surface area contributed by atoms with E-state index in [0.717, 1.165) is 12.1 Å². The molecule has 0 atom stereocenters. The second kappa shape index (κ2) is 6.14. The Hall–Kier alpha value is -2.57. The molecule has 0 aromatic heterocycles. The Balaban J connectivity index is 1.88. The lowest BCUT2D eigenvalue weighted by Crippen LogP contribution is -2.32. The molecule has 2 aromatic carbocycles. The number of nitrogens with zero attached hydrogens (tertiary/aromatic N) is 1. The molecule has 0 unspecified atom stereocenters. The third-order valence-electron chi connectivity index (χ3n) is 3.73. The molecule has 0 radical (unpaired) electrons. The van der Waals surface area contributed by atoms with Crippen LogP contribution in [-0.2, 0) is 12.7 Å². The van der Waals surface area contributed by atoms with E-state index in [0.29, 0.717) is 11.3 Å². The average molecular weight is 339 g/mol. The van der Waals surface area contributed by atoms with Crippen molar-refractivity contribution in [2.75, 3.05) is 13.2 Å². The zero-order valence-electron chi connectivity index (χ0n) is 12.4. The van der Waals surface area contributed by atoms with Crippen molar-refractivity contribution >= 4 is 5.91 Å². The summed E-state index contributed by atoms with van der Waals surface area (Å²) in [6, 6.07) is 8.24. The van der Waals surface area contributed by atoms with Gasteiger partial charge in [0, 0.05) is 17.7 Å². The summed E-state index contributed by atoms with van der Waals surface area (Å²) in [5.41, 5.74) is -0.469. The van der Waals surface area contributed by atoms with Crippen molar-refractivity contribution in [3.8, 4) is 5.75 Å². The van der Waals surface area contributed by atoms with Gasteiger partial charge in [0.25, 0.3) is 5.91 Å². The summed E-state index contributed by atoms with van der Waals surface area (Å²) >= 11 is 0. The number of fused-ring (bicyclic) bond motifs is 1. The number of carbonyl (C=O) groups excluding carboxylic acids is 1. The first kappa shape index (κ1) is 16.3. The predicted molar refractivity (Wildman–Crippen MR) is 78.1 cm³/mol. The van der Waals surface area contributed by atoms with Crippen LogP contribution in [0.25, 0.3) is 0 Å². The number of benzene rings is 2. The fourth-order valence-corrected chi connectivity index (χ4v) is 2.55. The van der Waals surface area contributed by atoms with Gasteiger partial charge in [0.1, 0.15) is 18.2 Å². The summed E-state index contributed by atoms with van der Waals surface area (Å²) in [5.74, 6) is -0.553. The zero-order valence-corrected chi connectivity index (χ0v) is 12.4. The van der Waals surface area contributed by atoms with Crippen molar-refractivity contribution in [2.45, 2.75) is 12.7 Å². The summed E-state index contributed by atoms with van der Waals surface area (Å²) in [4.78, 5) is 13.9. The van der Waals surface area contributed by atoms with Crippen molar-refractivity contribution in [1.29, 1.82) is 0 Å². The highest BCUT2D eigenvalue weighted by molar-refractivity contribution is 5.94. The van der Waals surface area contributed by atoms with Gasteiger partial charge in [-0.3, -0.25) is 4.79 Å². The molecule has 0 saturated heterocycles. The summed E-state index contributed by atoms with van der Waals surface area (Å²) in [6.45, 7) is 0.455. The number of amides is 1. The molecule has 3 rings (SSSR count). The van der Waals surface area contributed by atoms with Crippen LogP contribution in [0, 0.1) is 5.82 Å². The summed E-state index contributed by atoms with van der Waals surface area (Å²) < 4.78 is 57.2. The Morgan fingerprint density at radius 3 is 2.67 bits per heavy atom. The molecule has 0 aliphatic carbocycles. The number of alkyl halides is 3. The lowest BCUT2D eigenvalue weighted by atomic mass is 10.1. The highest BCUT2D eigenvalue weighted by Crippen LogP contribution is 2.30. The quantitative estimate of drug-likeness (QED) is 0.738. The molecule has 1 amide bonds. The highest BCUT2D eigenvalue weighted by atomic mass is 19.4. The first-order valence-electron chi connectivity index (χ1n) is 7.22. The molecule has 3 nitrogen and oxygen atoms in total. The normalized spacial score (nSPS) is 14.6. The Labute approximate surface area is 135 Å². The van der Waals surface area contributed by atoms with Crippen LogP contribution in [0.4, 0.5) is 17.6 Å². The minimum absolute atomic E-state index is 0.0651. The van der Waals surface area contributed by atoms with E-state index in [1.54, 1.807) is 0 Å². The molecule has 0 N–H and O–H groups in total. The largest absolute Gasteiger partial charge is 0.491 e. The number of hydrogen-bond acceptors (Lipinski definition) is 2. The third-order valence-corrected chi connectivity index (χ3v) is 3.73. The number of ether oxygens (including phenoxy) is 1. The molecular weight excluding hydrogens is 326 g/mol. The van der Waals surface area contributed by atoms with Gasteiger partial charge >= 0.3 is 6.18 Å². The molecule has 0 fully saturated rings. The van der Waals surface area contributed by atoms with Gasteiger partial charge < -0.3 is 9.64 Å². The molecule has 126 valence electrons. The fourth-order valence-electron chi connectivity index (χ4n) is 2.55. The molecule has 0 spiro atoms. The van der Waals surface area contributed by atoms with Gasteiger partial charge in [0.05, 0.1) is 12.1 Å². The Morgan fingerprint density at radius 1 is 1.12 bits per heavy atom. The predicted octanol–water partition coefficient (Wildman–Crippen LogP) is 3.88. The van der Waals surface area contributed by atoms with E-state index in [2.05, 4.69) is 0 Å². The molecular formula is C17H13F4NO2. The summed E-state index contributed by atoms with van der Waals surface area (Å²) in [6.07, 6.45) is -4.52. The minimum atomic E-state index is -4.52. The van der Waals surface area contributed by atoms with Crippen LogP contribution in [0.5, 0.6) is 5.75 Å². The molecule has 2 aromatic rings. The lowest BCUT2D eigenvalue weighted by molar-refractivity contribution is -0.137. The standard InChI is InChI=1S/C17H13F4NO2/c18-14-4-5-15-12(9-14)10-22(6-7-24-15)16(23)11-2-1-3-13(8-11)17(19,20)21/h1-5,8-9H,6-7,10H2. The number of carbonyl (C=O) groups is 1. The number of rotatable bonds is 1. The highest BCUT2D eigenvalue weighted by Gasteiger charge is 2.31. The molecule has 1 heterocycles. The molecule has 0 bridgehead atoms. The van der Waals surface area contributed by atoms with Crippen LogP contribution in [0.15, 0.2) is 42.5 Å². The van der Waals surface area contributed by atoms with E-state index < -0.39 is 23.5 Å². The topological polar surface area (TPSA) is 29.5 Å². The third kappa shape index (κ3) is 3.34. The van der Waals surface area contributed by atoms with Crippen LogP contribution in [-0.4, -0.2) is 24.0 Å². The van der Waals surface area contributed by atoms with E-state index in [4.69, 9.17) is 4.74 Å². The lowest BCUT2D eigenvalue weighted by Gasteiger charge is -2.20. The number of hydrogen-bond donors (Lipinski definition) is 0. The van der Waals surface area contributed by atoms with Gasteiger partial charge in [-0.25, -0.2) is 4.39 Å². The van der Waals surface area contributed by atoms with E-state index in [1.165, 1.54) is 35.2 Å². The van der Waals surface area contributed by atoms with E-state index in [-0.39, 0.29) is 25.3 Å². The van der Waals surface area contributed by atoms with E-state index >= 15 is 0 Å². The van der Waals surface area contributed by atoms with Gasteiger partial charge in [0.2, 0.25) is 0 Å². The van der Waals surface area contributed by atoms with Crippen molar-refractivity contribution in [3.63, 3.8) is 0 Å². The maximum atomic E-state index is 13.4. The van der Waals surface area contributed by atoms with Crippen LogP contribution >= 0.6 is 0 Å². The van der Waals surface area contributed by atoms with Gasteiger partial charge in [-0.15, -0.1) is 0 Å². The first-order chi connectivity index (χ1) is 11.3. The fraction of sp³-hybridized carbons (Fsp3) is 0.235. The van der Waals surface area contributed by atoms with Gasteiger partial charge in [0.15, 0.2) is 0 Å². The van der Waals surface area contributed by atoms with Crippen molar-refractivity contribution in [2.24, 2.45) is 0 Å². The maximum absolute atomic E-state index is 13.4. The summed E-state index contributed by atoms with van der Waals surface area (Å²) in [7, 11) is 0. The van der Waals surface area contributed by atoms with Crippen molar-refractivity contribution < 1.29 is 27.1 Å². The van der Waals surface area contributed by atoms with Gasteiger partial charge in [-0.2, -0.15) is 13.2 Å². The monoisotopic (exact) mass is 339 g/mol. The average Bonchev–Trinajstić information content (AvgIpc) is 2.75. The minimum Gasteiger partial charge on any atom is -0.491 e. The van der Waals surface area contributed by atoms with Gasteiger partial charge in [-0.1, -0.05) is 6.07 Å². The Morgan fingerprint density at radius 2 is 1.92 bits per heavy atom. The van der Waals surface area contributed by atoms with Crippen LogP contribution in [0.1, 0.15) is 21.5 Å².